The zero-order valence-electron chi connectivity index (χ0n) is 12.8. The predicted molar refractivity (Wildman–Crippen MR) is 81.7 cm³/mol. The number of aromatic nitrogens is 3. The summed E-state index contributed by atoms with van der Waals surface area (Å²) in [6, 6.07) is 3.52. The van der Waals surface area contributed by atoms with E-state index in [1.807, 2.05) is 0 Å². The zero-order valence-corrected chi connectivity index (χ0v) is 12.8. The molecule has 2 aromatic heterocycles. The molecular weight excluding hydrogens is 298 g/mol. The van der Waals surface area contributed by atoms with Gasteiger partial charge >= 0.3 is 11.8 Å². The summed E-state index contributed by atoms with van der Waals surface area (Å²) in [6.07, 6.45) is 4.14. The Bertz CT molecular complexity index is 625. The van der Waals surface area contributed by atoms with Crippen molar-refractivity contribution >= 4 is 5.91 Å². The van der Waals surface area contributed by atoms with Crippen LogP contribution in [0.2, 0.25) is 0 Å². The largest absolute Gasteiger partial charge is 0.379 e. The number of carbonyl (C=O) groups excluding carboxylic acids is 1. The molecule has 0 saturated carbocycles. The molecule has 8 heteroatoms. The van der Waals surface area contributed by atoms with E-state index in [2.05, 4.69) is 25.3 Å². The fourth-order valence-electron chi connectivity index (χ4n) is 2.34. The first-order chi connectivity index (χ1) is 11.3. The molecule has 8 nitrogen and oxygen atoms in total. The van der Waals surface area contributed by atoms with Crippen molar-refractivity contribution in [3.8, 4) is 11.4 Å². The second kappa shape index (κ2) is 7.80. The highest BCUT2D eigenvalue weighted by molar-refractivity contribution is 5.89. The highest BCUT2D eigenvalue weighted by Gasteiger charge is 2.16. The number of morpholine rings is 1. The van der Waals surface area contributed by atoms with Crippen LogP contribution in [0.1, 0.15) is 17.1 Å². The highest BCUT2D eigenvalue weighted by atomic mass is 16.5. The molecule has 23 heavy (non-hydrogen) atoms. The molecule has 3 heterocycles. The predicted octanol–water partition coefficient (Wildman–Crippen LogP) is 0.584. The number of ether oxygens (including phenoxy) is 1. The number of carbonyl (C=O) groups is 1. The summed E-state index contributed by atoms with van der Waals surface area (Å²) in [6.45, 7) is 4.98. The second-order valence-corrected chi connectivity index (χ2v) is 5.22. The van der Waals surface area contributed by atoms with Gasteiger partial charge in [0, 0.05) is 37.6 Å². The lowest BCUT2D eigenvalue weighted by Crippen LogP contribution is -2.38. The highest BCUT2D eigenvalue weighted by Crippen LogP contribution is 2.13. The number of pyridine rings is 1. The van der Waals surface area contributed by atoms with Gasteiger partial charge in [-0.3, -0.25) is 14.7 Å². The molecule has 0 aromatic carbocycles. The first-order valence-corrected chi connectivity index (χ1v) is 7.65. The fraction of sp³-hybridized carbons (Fsp3) is 0.467. The Morgan fingerprint density at radius 3 is 2.83 bits per heavy atom. The lowest BCUT2D eigenvalue weighted by atomic mass is 10.2. The van der Waals surface area contributed by atoms with E-state index in [1.54, 1.807) is 24.5 Å². The first kappa shape index (κ1) is 15.6. The molecule has 0 unspecified atom stereocenters. The monoisotopic (exact) mass is 317 g/mol. The quantitative estimate of drug-likeness (QED) is 0.779. The van der Waals surface area contributed by atoms with E-state index in [-0.39, 0.29) is 11.8 Å². The van der Waals surface area contributed by atoms with Crippen molar-refractivity contribution in [1.29, 1.82) is 0 Å². The third kappa shape index (κ3) is 4.33. The SMILES string of the molecule is O=C(NCCCN1CCOCC1)c1nc(-c2ccncc2)no1. The molecule has 0 spiro atoms. The lowest BCUT2D eigenvalue weighted by Gasteiger charge is -2.26. The smallest absolute Gasteiger partial charge is 0.316 e. The minimum absolute atomic E-state index is 0.0248. The minimum atomic E-state index is -0.347. The summed E-state index contributed by atoms with van der Waals surface area (Å²) in [5.74, 6) is 0.00818. The maximum atomic E-state index is 12.0. The number of hydrogen-bond donors (Lipinski definition) is 1. The van der Waals surface area contributed by atoms with Crippen molar-refractivity contribution in [2.45, 2.75) is 6.42 Å². The third-order valence-corrected chi connectivity index (χ3v) is 3.60. The molecule has 1 aliphatic heterocycles. The maximum absolute atomic E-state index is 12.0. The number of rotatable bonds is 6. The second-order valence-electron chi connectivity index (χ2n) is 5.22. The fourth-order valence-corrected chi connectivity index (χ4v) is 2.34. The van der Waals surface area contributed by atoms with Crippen molar-refractivity contribution in [2.24, 2.45) is 0 Å². The summed E-state index contributed by atoms with van der Waals surface area (Å²) < 4.78 is 10.3. The van der Waals surface area contributed by atoms with Gasteiger partial charge in [-0.1, -0.05) is 5.16 Å². The molecule has 3 rings (SSSR count). The summed E-state index contributed by atoms with van der Waals surface area (Å²) >= 11 is 0. The van der Waals surface area contributed by atoms with Crippen molar-refractivity contribution in [1.82, 2.24) is 25.3 Å². The Morgan fingerprint density at radius 2 is 2.04 bits per heavy atom. The molecule has 1 fully saturated rings. The van der Waals surface area contributed by atoms with Crippen molar-refractivity contribution in [3.05, 3.63) is 30.4 Å². The molecule has 1 N–H and O–H groups in total. The molecule has 0 aliphatic carbocycles. The molecule has 1 saturated heterocycles. The summed E-state index contributed by atoms with van der Waals surface area (Å²) in [5.41, 5.74) is 0.759. The molecule has 2 aromatic rings. The van der Waals surface area contributed by atoms with Crippen LogP contribution in [0.15, 0.2) is 29.0 Å². The van der Waals surface area contributed by atoms with Gasteiger partial charge in [-0.25, -0.2) is 0 Å². The standard InChI is InChI=1S/C15H19N5O3/c21-14(17-4-1-7-20-8-10-22-11-9-20)15-18-13(19-23-15)12-2-5-16-6-3-12/h2-3,5-6H,1,4,7-11H2,(H,17,21). The van der Waals surface area contributed by atoms with Gasteiger partial charge in [0.05, 0.1) is 13.2 Å². The minimum Gasteiger partial charge on any atom is -0.379 e. The van der Waals surface area contributed by atoms with Crippen molar-refractivity contribution in [3.63, 3.8) is 0 Å². The van der Waals surface area contributed by atoms with Gasteiger partial charge in [-0.15, -0.1) is 0 Å². The topological polar surface area (TPSA) is 93.4 Å². The van der Waals surface area contributed by atoms with E-state index in [4.69, 9.17) is 9.26 Å². The van der Waals surface area contributed by atoms with E-state index in [1.165, 1.54) is 0 Å². The van der Waals surface area contributed by atoms with Crippen LogP contribution in [-0.2, 0) is 4.74 Å². The number of nitrogens with zero attached hydrogens (tertiary/aromatic N) is 4. The summed E-state index contributed by atoms with van der Waals surface area (Å²) in [5, 5.41) is 6.61. The van der Waals surface area contributed by atoms with Crippen molar-refractivity contribution < 1.29 is 14.1 Å². The van der Waals surface area contributed by atoms with Gasteiger partial charge in [0.2, 0.25) is 5.82 Å². The van der Waals surface area contributed by atoms with Crippen molar-refractivity contribution in [2.75, 3.05) is 39.4 Å². The molecule has 1 amide bonds. The summed E-state index contributed by atoms with van der Waals surface area (Å²) in [7, 11) is 0. The molecule has 1 aliphatic rings. The number of nitrogens with one attached hydrogen (secondary N) is 1. The number of amides is 1. The Hall–Kier alpha value is -2.32. The van der Waals surface area contributed by atoms with E-state index in [9.17, 15) is 4.79 Å². The maximum Gasteiger partial charge on any atom is 0.316 e. The normalized spacial score (nSPS) is 15.5. The lowest BCUT2D eigenvalue weighted by molar-refractivity contribution is 0.0374. The molecule has 0 atom stereocenters. The van der Waals surface area contributed by atoms with Crippen LogP contribution in [0, 0.1) is 0 Å². The van der Waals surface area contributed by atoms with Gasteiger partial charge in [-0.2, -0.15) is 4.98 Å². The van der Waals surface area contributed by atoms with Crippen LogP contribution in [0.5, 0.6) is 0 Å². The Morgan fingerprint density at radius 1 is 1.26 bits per heavy atom. The molecule has 0 radical (unpaired) electrons. The van der Waals surface area contributed by atoms with Gasteiger partial charge in [0.1, 0.15) is 0 Å². The summed E-state index contributed by atoms with van der Waals surface area (Å²) in [4.78, 5) is 22.3. The van der Waals surface area contributed by atoms with Gasteiger partial charge in [0.25, 0.3) is 0 Å². The van der Waals surface area contributed by atoms with E-state index < -0.39 is 0 Å². The van der Waals surface area contributed by atoms with Crippen LogP contribution in [0.25, 0.3) is 11.4 Å². The van der Waals surface area contributed by atoms with Crippen LogP contribution >= 0.6 is 0 Å². The molecular formula is C15H19N5O3. The Kier molecular flexibility index (Phi) is 5.28. The van der Waals surface area contributed by atoms with Crippen LogP contribution in [0.3, 0.4) is 0 Å². The molecule has 122 valence electrons. The van der Waals surface area contributed by atoms with E-state index in [0.717, 1.165) is 44.8 Å². The Balaban J connectivity index is 1.44. The third-order valence-electron chi connectivity index (χ3n) is 3.60. The average molecular weight is 317 g/mol. The van der Waals surface area contributed by atoms with Gasteiger partial charge in [-0.05, 0) is 25.1 Å². The van der Waals surface area contributed by atoms with Gasteiger partial charge < -0.3 is 14.6 Å². The van der Waals surface area contributed by atoms with E-state index >= 15 is 0 Å². The van der Waals surface area contributed by atoms with E-state index in [0.29, 0.717) is 12.4 Å². The van der Waals surface area contributed by atoms with Gasteiger partial charge in [0.15, 0.2) is 0 Å². The average Bonchev–Trinajstić information content (AvgIpc) is 3.10. The molecule has 0 bridgehead atoms. The Labute approximate surface area is 133 Å². The first-order valence-electron chi connectivity index (χ1n) is 7.65. The van der Waals surface area contributed by atoms with Crippen LogP contribution in [-0.4, -0.2) is 65.3 Å². The number of hydrogen-bond acceptors (Lipinski definition) is 7. The van der Waals surface area contributed by atoms with Crippen LogP contribution in [0.4, 0.5) is 0 Å². The zero-order chi connectivity index (χ0) is 15.9. The van der Waals surface area contributed by atoms with Crippen LogP contribution < -0.4 is 5.32 Å².